The predicted molar refractivity (Wildman–Crippen MR) is 71.9 cm³/mol. The average molecular weight is 266 g/mol. The number of aromatic nitrogens is 2. The molecule has 1 aromatic heterocycles. The van der Waals surface area contributed by atoms with Crippen LogP contribution in [0.25, 0.3) is 0 Å². The maximum Gasteiger partial charge on any atom is 0.317 e. The van der Waals surface area contributed by atoms with Crippen LogP contribution in [-0.4, -0.2) is 51.8 Å². The minimum absolute atomic E-state index is 0.0366. The van der Waals surface area contributed by atoms with E-state index >= 15 is 0 Å². The molecular formula is C13H22N4O2. The second-order valence-electron chi connectivity index (χ2n) is 5.12. The number of rotatable bonds is 4. The predicted octanol–water partition coefficient (Wildman–Crippen LogP) is 0.524. The molecule has 1 aromatic rings. The van der Waals surface area contributed by atoms with Crippen LogP contribution in [0.4, 0.5) is 4.79 Å². The molecule has 1 aliphatic rings. The highest BCUT2D eigenvalue weighted by Gasteiger charge is 2.25. The molecule has 0 aromatic carbocycles. The smallest absolute Gasteiger partial charge is 0.317 e. The fourth-order valence-electron chi connectivity index (χ4n) is 2.33. The molecule has 0 spiro atoms. The molecule has 0 aliphatic carbocycles. The topological polar surface area (TPSA) is 70.4 Å². The van der Waals surface area contributed by atoms with Gasteiger partial charge in [0.1, 0.15) is 0 Å². The average Bonchev–Trinajstić information content (AvgIpc) is 3.00. The van der Waals surface area contributed by atoms with Gasteiger partial charge in [-0.15, -0.1) is 0 Å². The molecule has 106 valence electrons. The highest BCUT2D eigenvalue weighted by Crippen LogP contribution is 2.14. The van der Waals surface area contributed by atoms with Crippen LogP contribution in [0.15, 0.2) is 6.33 Å². The van der Waals surface area contributed by atoms with Crippen molar-refractivity contribution in [2.45, 2.75) is 26.8 Å². The van der Waals surface area contributed by atoms with Crippen LogP contribution in [0.5, 0.6) is 0 Å². The van der Waals surface area contributed by atoms with E-state index in [0.717, 1.165) is 30.9 Å². The number of aryl methyl sites for hydroxylation is 1. The molecule has 2 heterocycles. The summed E-state index contributed by atoms with van der Waals surface area (Å²) in [5.74, 6) is 0.240. The Labute approximate surface area is 113 Å². The van der Waals surface area contributed by atoms with Gasteiger partial charge in [-0.05, 0) is 20.3 Å². The maximum atomic E-state index is 11.9. The van der Waals surface area contributed by atoms with E-state index in [4.69, 9.17) is 5.11 Å². The van der Waals surface area contributed by atoms with Crippen LogP contribution in [0.3, 0.4) is 0 Å². The quantitative estimate of drug-likeness (QED) is 0.835. The first-order chi connectivity index (χ1) is 9.11. The summed E-state index contributed by atoms with van der Waals surface area (Å²) in [5, 5.41) is 12.0. The molecule has 2 N–H and O–H groups in total. The van der Waals surface area contributed by atoms with E-state index in [2.05, 4.69) is 10.3 Å². The number of amides is 2. The van der Waals surface area contributed by atoms with Crippen molar-refractivity contribution in [1.82, 2.24) is 19.8 Å². The molecule has 6 nitrogen and oxygen atoms in total. The molecule has 0 radical (unpaired) electrons. The van der Waals surface area contributed by atoms with E-state index in [1.807, 2.05) is 18.4 Å². The summed E-state index contributed by atoms with van der Waals surface area (Å²) in [4.78, 5) is 17.9. The van der Waals surface area contributed by atoms with Gasteiger partial charge in [-0.2, -0.15) is 0 Å². The van der Waals surface area contributed by atoms with E-state index in [-0.39, 0.29) is 18.6 Å². The van der Waals surface area contributed by atoms with Crippen LogP contribution in [0, 0.1) is 19.8 Å². The number of hydrogen-bond donors (Lipinski definition) is 2. The Morgan fingerprint density at radius 1 is 1.58 bits per heavy atom. The Kier molecular flexibility index (Phi) is 4.42. The standard InChI is InChI=1S/C13H22N4O2/c1-10-11(2)17(9-15-10)6-4-14-13(19)16-5-3-12(7-16)8-18/h9,12,18H,3-8H2,1-2H3,(H,14,19). The molecule has 1 fully saturated rings. The van der Waals surface area contributed by atoms with Gasteiger partial charge in [0, 0.05) is 44.4 Å². The highest BCUT2D eigenvalue weighted by atomic mass is 16.3. The monoisotopic (exact) mass is 266 g/mol. The van der Waals surface area contributed by atoms with Gasteiger partial charge in [-0.3, -0.25) is 0 Å². The van der Waals surface area contributed by atoms with Gasteiger partial charge in [0.2, 0.25) is 0 Å². The third kappa shape index (κ3) is 3.26. The van der Waals surface area contributed by atoms with E-state index < -0.39 is 0 Å². The third-order valence-electron chi connectivity index (χ3n) is 3.81. The van der Waals surface area contributed by atoms with Gasteiger partial charge >= 0.3 is 6.03 Å². The summed E-state index contributed by atoms with van der Waals surface area (Å²) in [5.41, 5.74) is 2.16. The van der Waals surface area contributed by atoms with E-state index in [1.165, 1.54) is 0 Å². The second-order valence-corrected chi connectivity index (χ2v) is 5.12. The van der Waals surface area contributed by atoms with Crippen LogP contribution in [0.2, 0.25) is 0 Å². The lowest BCUT2D eigenvalue weighted by Crippen LogP contribution is -2.40. The molecule has 0 bridgehead atoms. The van der Waals surface area contributed by atoms with Crippen LogP contribution in [-0.2, 0) is 6.54 Å². The first-order valence-corrected chi connectivity index (χ1v) is 6.73. The van der Waals surface area contributed by atoms with Crippen molar-refractivity contribution >= 4 is 6.03 Å². The van der Waals surface area contributed by atoms with Crippen molar-refractivity contribution < 1.29 is 9.90 Å². The van der Waals surface area contributed by atoms with Gasteiger partial charge in [-0.1, -0.05) is 0 Å². The van der Waals surface area contributed by atoms with Crippen molar-refractivity contribution in [3.8, 4) is 0 Å². The third-order valence-corrected chi connectivity index (χ3v) is 3.81. The summed E-state index contributed by atoms with van der Waals surface area (Å²) >= 11 is 0. The zero-order chi connectivity index (χ0) is 13.8. The zero-order valence-electron chi connectivity index (χ0n) is 11.6. The van der Waals surface area contributed by atoms with E-state index in [9.17, 15) is 4.79 Å². The summed E-state index contributed by atoms with van der Waals surface area (Å²) in [6.45, 7) is 6.88. The van der Waals surface area contributed by atoms with Gasteiger partial charge in [-0.25, -0.2) is 9.78 Å². The summed E-state index contributed by atoms with van der Waals surface area (Å²) < 4.78 is 2.04. The lowest BCUT2D eigenvalue weighted by molar-refractivity contribution is 0.198. The highest BCUT2D eigenvalue weighted by molar-refractivity contribution is 5.74. The number of urea groups is 1. The Hall–Kier alpha value is -1.56. The lowest BCUT2D eigenvalue weighted by Gasteiger charge is -2.17. The van der Waals surface area contributed by atoms with Crippen LogP contribution >= 0.6 is 0 Å². The first-order valence-electron chi connectivity index (χ1n) is 6.73. The molecule has 6 heteroatoms. The number of imidazole rings is 1. The van der Waals surface area contributed by atoms with Crippen molar-refractivity contribution in [3.63, 3.8) is 0 Å². The number of hydrogen-bond acceptors (Lipinski definition) is 3. The van der Waals surface area contributed by atoms with Gasteiger partial charge in [0.15, 0.2) is 0 Å². The second kappa shape index (κ2) is 6.06. The number of aliphatic hydroxyl groups is 1. The van der Waals surface area contributed by atoms with E-state index in [1.54, 1.807) is 11.2 Å². The van der Waals surface area contributed by atoms with Gasteiger partial charge in [0.05, 0.1) is 12.0 Å². The Balaban J connectivity index is 1.74. The molecule has 19 heavy (non-hydrogen) atoms. The van der Waals surface area contributed by atoms with Crippen molar-refractivity contribution in [2.75, 3.05) is 26.2 Å². The van der Waals surface area contributed by atoms with E-state index in [0.29, 0.717) is 13.1 Å². The van der Waals surface area contributed by atoms with Gasteiger partial charge in [0.25, 0.3) is 0 Å². The van der Waals surface area contributed by atoms with Crippen LogP contribution < -0.4 is 5.32 Å². The number of carbonyl (C=O) groups excluding carboxylic acids is 1. The van der Waals surface area contributed by atoms with Crippen molar-refractivity contribution in [2.24, 2.45) is 5.92 Å². The number of carbonyl (C=O) groups is 1. The number of aliphatic hydroxyl groups excluding tert-OH is 1. The lowest BCUT2D eigenvalue weighted by atomic mass is 10.1. The molecule has 0 saturated carbocycles. The molecular weight excluding hydrogens is 244 g/mol. The number of nitrogens with one attached hydrogen (secondary N) is 1. The molecule has 1 saturated heterocycles. The summed E-state index contributed by atoms with van der Waals surface area (Å²) in [6.07, 6.45) is 2.69. The SMILES string of the molecule is Cc1ncn(CCNC(=O)N2CCC(CO)C2)c1C. The normalized spacial score (nSPS) is 18.9. The van der Waals surface area contributed by atoms with Crippen molar-refractivity contribution in [1.29, 1.82) is 0 Å². The van der Waals surface area contributed by atoms with Crippen LogP contribution in [0.1, 0.15) is 17.8 Å². The fraction of sp³-hybridized carbons (Fsp3) is 0.692. The Morgan fingerprint density at radius 3 is 2.95 bits per heavy atom. The summed E-state index contributed by atoms with van der Waals surface area (Å²) in [7, 11) is 0. The van der Waals surface area contributed by atoms with Crippen molar-refractivity contribution in [3.05, 3.63) is 17.7 Å². The fourth-order valence-corrected chi connectivity index (χ4v) is 2.33. The Bertz CT molecular complexity index is 444. The largest absolute Gasteiger partial charge is 0.396 e. The molecule has 2 rings (SSSR count). The number of likely N-dealkylation sites (tertiary alicyclic amines) is 1. The number of nitrogens with zero attached hydrogens (tertiary/aromatic N) is 3. The molecule has 1 aliphatic heterocycles. The molecule has 1 unspecified atom stereocenters. The van der Waals surface area contributed by atoms with Gasteiger partial charge < -0.3 is 19.9 Å². The molecule has 1 atom stereocenters. The maximum absolute atomic E-state index is 11.9. The zero-order valence-corrected chi connectivity index (χ0v) is 11.6. The first kappa shape index (κ1) is 13.9. The minimum atomic E-state index is -0.0366. The Morgan fingerprint density at radius 2 is 2.37 bits per heavy atom. The molecule has 2 amide bonds. The minimum Gasteiger partial charge on any atom is -0.396 e. The summed E-state index contributed by atoms with van der Waals surface area (Å²) in [6, 6.07) is -0.0366.